The van der Waals surface area contributed by atoms with Gasteiger partial charge in [0.2, 0.25) is 0 Å². The van der Waals surface area contributed by atoms with Gasteiger partial charge in [-0.2, -0.15) is 0 Å². The maximum Gasteiger partial charge on any atom is 0.105 e. The Bertz CT molecular complexity index is 445. The van der Waals surface area contributed by atoms with Crippen molar-refractivity contribution in [2.75, 3.05) is 6.54 Å². The maximum atomic E-state index is 4.40. The summed E-state index contributed by atoms with van der Waals surface area (Å²) in [4.78, 5) is 5.83. The lowest BCUT2D eigenvalue weighted by atomic mass is 10.3. The Morgan fingerprint density at radius 1 is 1.47 bits per heavy atom. The normalized spacial score (nSPS) is 10.9. The van der Waals surface area contributed by atoms with Crippen molar-refractivity contribution in [3.8, 4) is 0 Å². The van der Waals surface area contributed by atoms with E-state index in [4.69, 9.17) is 0 Å². The van der Waals surface area contributed by atoms with Crippen molar-refractivity contribution in [1.82, 2.24) is 14.9 Å². The molecule has 0 aliphatic rings. The molecule has 0 saturated heterocycles. The van der Waals surface area contributed by atoms with Gasteiger partial charge in [-0.3, -0.25) is 0 Å². The van der Waals surface area contributed by atoms with Crippen LogP contribution in [0.4, 0.5) is 0 Å². The van der Waals surface area contributed by atoms with Crippen LogP contribution in [0.25, 0.3) is 0 Å². The Hall–Kier alpha value is -1.13. The summed E-state index contributed by atoms with van der Waals surface area (Å²) in [6.07, 6.45) is 3.07. The monoisotopic (exact) mass is 249 g/mol. The van der Waals surface area contributed by atoms with Crippen molar-refractivity contribution in [1.29, 1.82) is 0 Å². The van der Waals surface area contributed by atoms with Crippen molar-refractivity contribution in [3.05, 3.63) is 40.1 Å². The molecule has 1 N–H and O–H groups in total. The topological polar surface area (TPSA) is 29.9 Å². The Morgan fingerprint density at radius 2 is 2.35 bits per heavy atom. The predicted octanol–water partition coefficient (Wildman–Crippen LogP) is 2.61. The van der Waals surface area contributed by atoms with E-state index in [0.29, 0.717) is 0 Å². The van der Waals surface area contributed by atoms with E-state index in [-0.39, 0.29) is 0 Å². The first-order chi connectivity index (χ1) is 8.31. The van der Waals surface area contributed by atoms with Gasteiger partial charge in [-0.25, -0.2) is 4.98 Å². The van der Waals surface area contributed by atoms with Crippen LogP contribution in [0.1, 0.15) is 23.3 Å². The highest BCUT2D eigenvalue weighted by Gasteiger charge is 2.06. The van der Waals surface area contributed by atoms with E-state index < -0.39 is 0 Å². The molecule has 0 unspecified atom stereocenters. The van der Waals surface area contributed by atoms with E-state index in [2.05, 4.69) is 46.2 Å². The number of hydrogen-bond donors (Lipinski definition) is 1. The number of thiophene rings is 1. The molecule has 0 aliphatic carbocycles. The number of nitrogens with one attached hydrogen (secondary N) is 1. The predicted molar refractivity (Wildman–Crippen MR) is 72.4 cm³/mol. The molecule has 3 nitrogen and oxygen atoms in total. The molecule has 0 spiro atoms. The molecule has 0 saturated carbocycles. The van der Waals surface area contributed by atoms with Gasteiger partial charge in [0.05, 0.1) is 5.69 Å². The summed E-state index contributed by atoms with van der Waals surface area (Å²) in [6, 6.07) is 4.31. The van der Waals surface area contributed by atoms with Crippen molar-refractivity contribution in [3.63, 3.8) is 0 Å². The van der Waals surface area contributed by atoms with Gasteiger partial charge in [-0.05, 0) is 31.3 Å². The molecule has 0 aromatic carbocycles. The first-order valence-electron chi connectivity index (χ1n) is 6.05. The van der Waals surface area contributed by atoms with Crippen molar-refractivity contribution in [2.24, 2.45) is 0 Å². The third-order valence-corrected chi connectivity index (χ3v) is 3.79. The Balaban J connectivity index is 2.01. The average Bonchev–Trinajstić information content (AvgIpc) is 2.94. The van der Waals surface area contributed by atoms with E-state index in [9.17, 15) is 0 Å². The first-order valence-corrected chi connectivity index (χ1v) is 6.93. The molecule has 92 valence electrons. The van der Waals surface area contributed by atoms with Crippen molar-refractivity contribution in [2.45, 2.75) is 33.4 Å². The second-order valence-electron chi connectivity index (χ2n) is 4.06. The van der Waals surface area contributed by atoms with E-state index in [1.54, 1.807) is 0 Å². The average molecular weight is 249 g/mol. The maximum absolute atomic E-state index is 4.40. The van der Waals surface area contributed by atoms with Crippen LogP contribution in [0.15, 0.2) is 23.7 Å². The van der Waals surface area contributed by atoms with Crippen LogP contribution in [0, 0.1) is 6.92 Å². The number of nitrogens with zero attached hydrogens (tertiary/aromatic N) is 2. The zero-order chi connectivity index (χ0) is 12.1. The fourth-order valence-electron chi connectivity index (χ4n) is 1.89. The van der Waals surface area contributed by atoms with E-state index in [1.165, 1.54) is 10.6 Å². The smallest absolute Gasteiger partial charge is 0.105 e. The molecule has 0 aliphatic heterocycles. The van der Waals surface area contributed by atoms with E-state index in [0.717, 1.165) is 31.9 Å². The molecule has 4 heteroatoms. The Labute approximate surface area is 107 Å². The SMILES string of the molecule is CCNCc1cnc(C)n1CCc1cccs1. The lowest BCUT2D eigenvalue weighted by molar-refractivity contribution is 0.609. The molecule has 0 bridgehead atoms. The quantitative estimate of drug-likeness (QED) is 0.853. The van der Waals surface area contributed by atoms with Crippen LogP contribution in [-0.4, -0.2) is 16.1 Å². The van der Waals surface area contributed by atoms with Gasteiger partial charge in [-0.15, -0.1) is 11.3 Å². The molecule has 2 rings (SSSR count). The fraction of sp³-hybridized carbons (Fsp3) is 0.462. The minimum Gasteiger partial charge on any atom is -0.331 e. The van der Waals surface area contributed by atoms with Crippen LogP contribution in [0.5, 0.6) is 0 Å². The highest BCUT2D eigenvalue weighted by atomic mass is 32.1. The van der Waals surface area contributed by atoms with Crippen molar-refractivity contribution >= 4 is 11.3 Å². The number of hydrogen-bond acceptors (Lipinski definition) is 3. The molecular formula is C13H19N3S. The van der Waals surface area contributed by atoms with Gasteiger partial charge in [0.15, 0.2) is 0 Å². The number of imidazole rings is 1. The molecular weight excluding hydrogens is 230 g/mol. The minimum absolute atomic E-state index is 0.905. The van der Waals surface area contributed by atoms with Gasteiger partial charge in [-0.1, -0.05) is 13.0 Å². The fourth-order valence-corrected chi connectivity index (χ4v) is 2.59. The Morgan fingerprint density at radius 3 is 3.06 bits per heavy atom. The van der Waals surface area contributed by atoms with Gasteiger partial charge in [0.25, 0.3) is 0 Å². The van der Waals surface area contributed by atoms with Crippen LogP contribution in [-0.2, 0) is 19.5 Å². The van der Waals surface area contributed by atoms with Crippen molar-refractivity contribution < 1.29 is 0 Å². The van der Waals surface area contributed by atoms with Crippen LogP contribution >= 0.6 is 11.3 Å². The van der Waals surface area contributed by atoms with Gasteiger partial charge in [0.1, 0.15) is 5.82 Å². The highest BCUT2D eigenvalue weighted by Crippen LogP contribution is 2.12. The summed E-state index contributed by atoms with van der Waals surface area (Å²) in [5, 5.41) is 5.49. The third kappa shape index (κ3) is 3.17. The molecule has 0 atom stereocenters. The second kappa shape index (κ2) is 5.98. The molecule has 2 aromatic heterocycles. The number of aromatic nitrogens is 2. The van der Waals surface area contributed by atoms with E-state index in [1.807, 2.05) is 17.5 Å². The minimum atomic E-state index is 0.905. The van der Waals surface area contributed by atoms with E-state index >= 15 is 0 Å². The summed E-state index contributed by atoms with van der Waals surface area (Å²) in [5.41, 5.74) is 1.28. The first kappa shape index (κ1) is 12.3. The van der Waals surface area contributed by atoms with Gasteiger partial charge < -0.3 is 9.88 Å². The zero-order valence-electron chi connectivity index (χ0n) is 10.4. The lowest BCUT2D eigenvalue weighted by Gasteiger charge is -2.09. The summed E-state index contributed by atoms with van der Waals surface area (Å²) in [6.45, 7) is 7.12. The number of aryl methyl sites for hydroxylation is 2. The Kier molecular flexibility index (Phi) is 4.34. The standard InChI is InChI=1S/C13H19N3S/c1-3-14-9-12-10-15-11(2)16(12)7-6-13-5-4-8-17-13/h4-5,8,10,14H,3,6-7,9H2,1-2H3. The molecule has 0 amide bonds. The summed E-state index contributed by atoms with van der Waals surface area (Å²) in [7, 11) is 0. The molecule has 0 fully saturated rings. The van der Waals surface area contributed by atoms with Gasteiger partial charge >= 0.3 is 0 Å². The molecule has 2 heterocycles. The van der Waals surface area contributed by atoms with Crippen LogP contribution < -0.4 is 5.32 Å². The summed E-state index contributed by atoms with van der Waals surface area (Å²) >= 11 is 1.82. The molecule has 2 aromatic rings. The van der Waals surface area contributed by atoms with Crippen LogP contribution in [0.3, 0.4) is 0 Å². The number of rotatable bonds is 6. The third-order valence-electron chi connectivity index (χ3n) is 2.86. The molecule has 17 heavy (non-hydrogen) atoms. The summed E-state index contributed by atoms with van der Waals surface area (Å²) < 4.78 is 2.31. The summed E-state index contributed by atoms with van der Waals surface area (Å²) in [5.74, 6) is 1.11. The zero-order valence-corrected chi connectivity index (χ0v) is 11.3. The van der Waals surface area contributed by atoms with Crippen LogP contribution in [0.2, 0.25) is 0 Å². The molecule has 0 radical (unpaired) electrons. The van der Waals surface area contributed by atoms with Gasteiger partial charge in [0, 0.05) is 24.2 Å². The second-order valence-corrected chi connectivity index (χ2v) is 5.09. The lowest BCUT2D eigenvalue weighted by Crippen LogP contribution is -2.16. The largest absolute Gasteiger partial charge is 0.331 e. The highest BCUT2D eigenvalue weighted by molar-refractivity contribution is 7.09.